The molecule has 1 fully saturated rings. The number of aryl methyl sites for hydroxylation is 2. The van der Waals surface area contributed by atoms with E-state index in [9.17, 15) is 9.59 Å². The first-order valence-corrected chi connectivity index (χ1v) is 8.36. The van der Waals surface area contributed by atoms with Crippen LogP contribution < -0.4 is 10.6 Å². The zero-order valence-corrected chi connectivity index (χ0v) is 13.8. The third-order valence-electron chi connectivity index (χ3n) is 4.11. The quantitative estimate of drug-likeness (QED) is 0.847. The Morgan fingerprint density at radius 2 is 1.67 bits per heavy atom. The standard InChI is InChI=1S/C20H22N2O2/c1-14-3-2-4-15(13-14)5-12-19(23)21-17-8-10-18(11-9-17)22-20(24)16-6-7-16/h2-4,8-11,13,16H,5-7,12H2,1H3,(H,21,23)(H,22,24). The second kappa shape index (κ2) is 7.30. The van der Waals surface area contributed by atoms with Crippen LogP contribution >= 0.6 is 0 Å². The number of rotatable bonds is 6. The average molecular weight is 322 g/mol. The van der Waals surface area contributed by atoms with Crippen LogP contribution in [0.25, 0.3) is 0 Å². The lowest BCUT2D eigenvalue weighted by Gasteiger charge is -2.08. The summed E-state index contributed by atoms with van der Waals surface area (Å²) in [4.78, 5) is 23.8. The van der Waals surface area contributed by atoms with E-state index < -0.39 is 0 Å². The van der Waals surface area contributed by atoms with Crippen LogP contribution in [-0.4, -0.2) is 11.8 Å². The largest absolute Gasteiger partial charge is 0.326 e. The number of hydrogen-bond acceptors (Lipinski definition) is 2. The molecule has 24 heavy (non-hydrogen) atoms. The van der Waals surface area contributed by atoms with E-state index >= 15 is 0 Å². The summed E-state index contributed by atoms with van der Waals surface area (Å²) in [6, 6.07) is 15.5. The lowest BCUT2D eigenvalue weighted by Crippen LogP contribution is -2.14. The minimum atomic E-state index is -0.00808. The Kier molecular flexibility index (Phi) is 4.94. The zero-order valence-electron chi connectivity index (χ0n) is 13.8. The van der Waals surface area contributed by atoms with Gasteiger partial charge in [-0.15, -0.1) is 0 Å². The molecule has 0 aromatic heterocycles. The summed E-state index contributed by atoms with van der Waals surface area (Å²) < 4.78 is 0. The van der Waals surface area contributed by atoms with Crippen LogP contribution in [0.1, 0.15) is 30.4 Å². The molecule has 0 heterocycles. The van der Waals surface area contributed by atoms with Gasteiger partial charge in [0, 0.05) is 23.7 Å². The van der Waals surface area contributed by atoms with Crippen molar-refractivity contribution in [2.45, 2.75) is 32.6 Å². The molecule has 2 N–H and O–H groups in total. The van der Waals surface area contributed by atoms with Gasteiger partial charge in [0.15, 0.2) is 0 Å². The summed E-state index contributed by atoms with van der Waals surface area (Å²) in [5.41, 5.74) is 3.89. The van der Waals surface area contributed by atoms with E-state index in [2.05, 4.69) is 16.7 Å². The molecule has 2 amide bonds. The Bertz CT molecular complexity index is 734. The summed E-state index contributed by atoms with van der Waals surface area (Å²) in [5.74, 6) is 0.266. The number of hydrogen-bond donors (Lipinski definition) is 2. The summed E-state index contributed by atoms with van der Waals surface area (Å²) in [7, 11) is 0. The molecular formula is C20H22N2O2. The molecular weight excluding hydrogens is 300 g/mol. The third kappa shape index (κ3) is 4.69. The van der Waals surface area contributed by atoms with Crippen molar-refractivity contribution < 1.29 is 9.59 Å². The highest BCUT2D eigenvalue weighted by molar-refractivity contribution is 5.95. The van der Waals surface area contributed by atoms with E-state index in [1.54, 1.807) is 0 Å². The molecule has 2 aromatic carbocycles. The first kappa shape index (κ1) is 16.2. The molecule has 0 spiro atoms. The average Bonchev–Trinajstić information content (AvgIpc) is 3.40. The maximum Gasteiger partial charge on any atom is 0.227 e. The normalized spacial score (nSPS) is 13.4. The van der Waals surface area contributed by atoms with Gasteiger partial charge in [0.25, 0.3) is 0 Å². The third-order valence-corrected chi connectivity index (χ3v) is 4.11. The minimum Gasteiger partial charge on any atom is -0.326 e. The van der Waals surface area contributed by atoms with Crippen molar-refractivity contribution in [3.8, 4) is 0 Å². The highest BCUT2D eigenvalue weighted by Gasteiger charge is 2.29. The summed E-state index contributed by atoms with van der Waals surface area (Å²) >= 11 is 0. The number of carbonyl (C=O) groups is 2. The molecule has 0 saturated heterocycles. The van der Waals surface area contributed by atoms with Crippen molar-refractivity contribution in [2.24, 2.45) is 5.92 Å². The van der Waals surface area contributed by atoms with Crippen LogP contribution in [0.5, 0.6) is 0 Å². The van der Waals surface area contributed by atoms with Gasteiger partial charge in [-0.05, 0) is 56.0 Å². The van der Waals surface area contributed by atoms with Crippen LogP contribution in [0, 0.1) is 12.8 Å². The summed E-state index contributed by atoms with van der Waals surface area (Å²) in [5, 5.41) is 5.78. The Labute approximate surface area is 142 Å². The van der Waals surface area contributed by atoms with Gasteiger partial charge < -0.3 is 10.6 Å². The van der Waals surface area contributed by atoms with E-state index in [-0.39, 0.29) is 17.7 Å². The molecule has 0 atom stereocenters. The smallest absolute Gasteiger partial charge is 0.227 e. The molecule has 124 valence electrons. The predicted molar refractivity (Wildman–Crippen MR) is 95.9 cm³/mol. The molecule has 1 aliphatic carbocycles. The molecule has 4 heteroatoms. The Hall–Kier alpha value is -2.62. The lowest BCUT2D eigenvalue weighted by molar-refractivity contribution is -0.117. The molecule has 0 bridgehead atoms. The van der Waals surface area contributed by atoms with Crippen molar-refractivity contribution in [3.63, 3.8) is 0 Å². The van der Waals surface area contributed by atoms with E-state index in [4.69, 9.17) is 0 Å². The fourth-order valence-corrected chi connectivity index (χ4v) is 2.58. The molecule has 3 rings (SSSR count). The predicted octanol–water partition coefficient (Wildman–Crippen LogP) is 3.91. The van der Waals surface area contributed by atoms with Crippen molar-refractivity contribution >= 4 is 23.2 Å². The number of amides is 2. The van der Waals surface area contributed by atoms with Gasteiger partial charge in [0.1, 0.15) is 0 Å². The highest BCUT2D eigenvalue weighted by Crippen LogP contribution is 2.30. The first-order valence-electron chi connectivity index (χ1n) is 8.36. The van der Waals surface area contributed by atoms with Crippen molar-refractivity contribution in [1.29, 1.82) is 0 Å². The second-order valence-electron chi connectivity index (χ2n) is 6.38. The van der Waals surface area contributed by atoms with Gasteiger partial charge in [0.05, 0.1) is 0 Å². The topological polar surface area (TPSA) is 58.2 Å². The fourth-order valence-electron chi connectivity index (χ4n) is 2.58. The maximum absolute atomic E-state index is 12.1. The minimum absolute atomic E-state index is 0.00808. The van der Waals surface area contributed by atoms with Crippen molar-refractivity contribution in [3.05, 3.63) is 59.7 Å². The van der Waals surface area contributed by atoms with Crippen molar-refractivity contribution in [1.82, 2.24) is 0 Å². The number of anilines is 2. The maximum atomic E-state index is 12.1. The number of benzene rings is 2. The molecule has 1 saturated carbocycles. The molecule has 2 aromatic rings. The Morgan fingerprint density at radius 3 is 2.29 bits per heavy atom. The van der Waals surface area contributed by atoms with Crippen LogP contribution in [0.2, 0.25) is 0 Å². The first-order chi connectivity index (χ1) is 11.6. The molecule has 0 unspecified atom stereocenters. The number of carbonyl (C=O) groups excluding carboxylic acids is 2. The number of nitrogens with one attached hydrogen (secondary N) is 2. The second-order valence-corrected chi connectivity index (χ2v) is 6.38. The summed E-state index contributed by atoms with van der Waals surface area (Å²) in [6.45, 7) is 2.05. The van der Waals surface area contributed by atoms with Gasteiger partial charge >= 0.3 is 0 Å². The Morgan fingerprint density at radius 1 is 1.00 bits per heavy atom. The van der Waals surface area contributed by atoms with Crippen LogP contribution in [0.15, 0.2) is 48.5 Å². The van der Waals surface area contributed by atoms with Gasteiger partial charge in [-0.1, -0.05) is 29.8 Å². The lowest BCUT2D eigenvalue weighted by atomic mass is 10.1. The zero-order chi connectivity index (χ0) is 16.9. The monoisotopic (exact) mass is 322 g/mol. The SMILES string of the molecule is Cc1cccc(CCC(=O)Nc2ccc(NC(=O)C3CC3)cc2)c1. The van der Waals surface area contributed by atoms with Crippen LogP contribution in [0.4, 0.5) is 11.4 Å². The van der Waals surface area contributed by atoms with Crippen LogP contribution in [0.3, 0.4) is 0 Å². The van der Waals surface area contributed by atoms with Gasteiger partial charge in [0.2, 0.25) is 11.8 Å². The molecule has 1 aliphatic rings. The molecule has 4 nitrogen and oxygen atoms in total. The Balaban J connectivity index is 1.48. The molecule has 0 radical (unpaired) electrons. The summed E-state index contributed by atoms with van der Waals surface area (Å²) in [6.07, 6.45) is 3.15. The fraction of sp³-hybridized carbons (Fsp3) is 0.300. The van der Waals surface area contributed by atoms with E-state index in [1.165, 1.54) is 11.1 Å². The van der Waals surface area contributed by atoms with Crippen LogP contribution in [-0.2, 0) is 16.0 Å². The highest BCUT2D eigenvalue weighted by atomic mass is 16.2. The van der Waals surface area contributed by atoms with Gasteiger partial charge in [-0.25, -0.2) is 0 Å². The van der Waals surface area contributed by atoms with Crippen molar-refractivity contribution in [2.75, 3.05) is 10.6 Å². The van der Waals surface area contributed by atoms with Gasteiger partial charge in [-0.2, -0.15) is 0 Å². The van der Waals surface area contributed by atoms with Gasteiger partial charge in [-0.3, -0.25) is 9.59 Å². The van der Waals surface area contributed by atoms with E-state index in [0.29, 0.717) is 6.42 Å². The van der Waals surface area contributed by atoms with E-state index in [1.807, 2.05) is 49.4 Å². The molecule has 0 aliphatic heterocycles. The van der Waals surface area contributed by atoms with E-state index in [0.717, 1.165) is 30.6 Å².